The summed E-state index contributed by atoms with van der Waals surface area (Å²) in [6.45, 7) is 6.25. The Kier molecular flexibility index (Phi) is 3.99. The van der Waals surface area contributed by atoms with Gasteiger partial charge >= 0.3 is 0 Å². The van der Waals surface area contributed by atoms with E-state index in [4.69, 9.17) is 11.5 Å². The number of nitrogen functional groups attached to an aromatic ring is 1. The molecule has 0 radical (unpaired) electrons. The molecule has 5 N–H and O–H groups in total. The Morgan fingerprint density at radius 3 is 2.55 bits per heavy atom. The largest absolute Gasteiger partial charge is 0.399 e. The van der Waals surface area contributed by atoms with Gasteiger partial charge in [-0.15, -0.1) is 11.3 Å². The van der Waals surface area contributed by atoms with Gasteiger partial charge in [-0.05, 0) is 50.6 Å². The van der Waals surface area contributed by atoms with Crippen LogP contribution in [-0.4, -0.2) is 5.91 Å². The van der Waals surface area contributed by atoms with Crippen molar-refractivity contribution in [1.82, 2.24) is 0 Å². The van der Waals surface area contributed by atoms with Gasteiger partial charge in [0.2, 0.25) is 0 Å². The molecule has 1 atom stereocenters. The highest BCUT2D eigenvalue weighted by atomic mass is 32.1. The molecule has 1 amide bonds. The predicted octanol–water partition coefficient (Wildman–Crippen LogP) is 3.22. The number of carbonyl (C=O) groups is 1. The molecule has 1 aromatic carbocycles. The van der Waals surface area contributed by atoms with Crippen molar-refractivity contribution in [3.05, 3.63) is 45.1 Å². The van der Waals surface area contributed by atoms with Crippen LogP contribution in [-0.2, 0) is 0 Å². The Labute approximate surface area is 122 Å². The summed E-state index contributed by atoms with van der Waals surface area (Å²) in [7, 11) is 0. The molecule has 0 saturated heterocycles. The van der Waals surface area contributed by atoms with E-state index in [1.165, 1.54) is 15.3 Å². The van der Waals surface area contributed by atoms with Gasteiger partial charge in [0.15, 0.2) is 0 Å². The fourth-order valence-electron chi connectivity index (χ4n) is 2.28. The number of primary amides is 1. The lowest BCUT2D eigenvalue weighted by atomic mass is 10.1. The molecular formula is C15H19N3OS. The molecular weight excluding hydrogens is 270 g/mol. The second kappa shape index (κ2) is 5.54. The molecule has 2 rings (SSSR count). The first-order chi connectivity index (χ1) is 9.38. The summed E-state index contributed by atoms with van der Waals surface area (Å²) in [5.74, 6) is -0.481. The molecule has 0 aliphatic carbocycles. The van der Waals surface area contributed by atoms with E-state index < -0.39 is 5.91 Å². The third kappa shape index (κ3) is 2.93. The van der Waals surface area contributed by atoms with Gasteiger partial charge in [0.05, 0.1) is 5.56 Å². The van der Waals surface area contributed by atoms with Crippen molar-refractivity contribution in [2.24, 2.45) is 5.73 Å². The lowest BCUT2D eigenvalue weighted by Crippen LogP contribution is -2.16. The second-order valence-electron chi connectivity index (χ2n) is 4.90. The molecule has 106 valence electrons. The summed E-state index contributed by atoms with van der Waals surface area (Å²) in [5.41, 5.74) is 14.0. The third-order valence-corrected chi connectivity index (χ3v) is 4.21. The highest BCUT2D eigenvalue weighted by Crippen LogP contribution is 2.30. The van der Waals surface area contributed by atoms with Crippen LogP contribution in [0, 0.1) is 13.8 Å². The number of aryl methyl sites for hydroxylation is 2. The van der Waals surface area contributed by atoms with Crippen molar-refractivity contribution in [1.29, 1.82) is 0 Å². The first-order valence-corrected chi connectivity index (χ1v) is 7.23. The minimum atomic E-state index is -0.481. The van der Waals surface area contributed by atoms with Crippen molar-refractivity contribution < 1.29 is 4.79 Å². The highest BCUT2D eigenvalue weighted by molar-refractivity contribution is 7.12. The minimum Gasteiger partial charge on any atom is -0.399 e. The van der Waals surface area contributed by atoms with Crippen LogP contribution < -0.4 is 16.8 Å². The van der Waals surface area contributed by atoms with Crippen LogP contribution in [0.2, 0.25) is 0 Å². The van der Waals surface area contributed by atoms with Crippen LogP contribution in [0.15, 0.2) is 24.3 Å². The van der Waals surface area contributed by atoms with E-state index in [9.17, 15) is 4.79 Å². The standard InChI is InChI=1S/C15H19N3OS/c1-8-6-12(10(3)20-8)9(2)18-14-5-4-11(16)7-13(14)15(17)19/h4-7,9,18H,16H2,1-3H3,(H2,17,19). The van der Waals surface area contributed by atoms with Crippen molar-refractivity contribution >= 4 is 28.6 Å². The SMILES string of the molecule is Cc1cc(C(C)Nc2ccc(N)cc2C(N)=O)c(C)s1. The Morgan fingerprint density at radius 1 is 1.30 bits per heavy atom. The first kappa shape index (κ1) is 14.4. The van der Waals surface area contributed by atoms with Crippen LogP contribution in [0.25, 0.3) is 0 Å². The molecule has 0 fully saturated rings. The summed E-state index contributed by atoms with van der Waals surface area (Å²) in [6, 6.07) is 7.41. The monoisotopic (exact) mass is 289 g/mol. The van der Waals surface area contributed by atoms with E-state index >= 15 is 0 Å². The van der Waals surface area contributed by atoms with Gasteiger partial charge in [0.1, 0.15) is 0 Å². The number of hydrogen-bond acceptors (Lipinski definition) is 4. The Morgan fingerprint density at radius 2 is 2.00 bits per heavy atom. The number of amides is 1. The van der Waals surface area contributed by atoms with E-state index in [1.807, 2.05) is 0 Å². The Bertz CT molecular complexity index is 649. The average Bonchev–Trinajstić information content (AvgIpc) is 2.70. The summed E-state index contributed by atoms with van der Waals surface area (Å²) in [6.07, 6.45) is 0. The summed E-state index contributed by atoms with van der Waals surface area (Å²) >= 11 is 1.77. The van der Waals surface area contributed by atoms with Gasteiger partial charge in [-0.1, -0.05) is 0 Å². The van der Waals surface area contributed by atoms with Crippen molar-refractivity contribution in [3.63, 3.8) is 0 Å². The molecule has 20 heavy (non-hydrogen) atoms. The van der Waals surface area contributed by atoms with Gasteiger partial charge in [-0.25, -0.2) is 0 Å². The number of thiophene rings is 1. The van der Waals surface area contributed by atoms with Gasteiger partial charge in [0.25, 0.3) is 5.91 Å². The van der Waals surface area contributed by atoms with E-state index in [-0.39, 0.29) is 6.04 Å². The molecule has 2 aromatic rings. The van der Waals surface area contributed by atoms with E-state index in [0.717, 1.165) is 0 Å². The van der Waals surface area contributed by atoms with Crippen molar-refractivity contribution in [2.75, 3.05) is 11.1 Å². The average molecular weight is 289 g/mol. The quantitative estimate of drug-likeness (QED) is 0.756. The topological polar surface area (TPSA) is 81.1 Å². The Balaban J connectivity index is 2.30. The molecule has 1 heterocycles. The van der Waals surface area contributed by atoms with Gasteiger partial charge in [-0.3, -0.25) is 4.79 Å². The smallest absolute Gasteiger partial charge is 0.250 e. The molecule has 5 heteroatoms. The lowest BCUT2D eigenvalue weighted by molar-refractivity contribution is 0.100. The minimum absolute atomic E-state index is 0.0988. The number of nitrogens with two attached hydrogens (primary N) is 2. The van der Waals surface area contributed by atoms with Crippen LogP contribution in [0.4, 0.5) is 11.4 Å². The van der Waals surface area contributed by atoms with Crippen LogP contribution >= 0.6 is 11.3 Å². The number of benzene rings is 1. The molecule has 0 aliphatic rings. The van der Waals surface area contributed by atoms with Crippen molar-refractivity contribution in [3.8, 4) is 0 Å². The normalized spacial score (nSPS) is 12.2. The van der Waals surface area contributed by atoms with E-state index in [1.54, 1.807) is 29.5 Å². The maximum atomic E-state index is 11.5. The molecule has 4 nitrogen and oxygen atoms in total. The summed E-state index contributed by atoms with van der Waals surface area (Å²) in [4.78, 5) is 14.0. The molecule has 0 aliphatic heterocycles. The van der Waals surface area contributed by atoms with E-state index in [2.05, 4.69) is 32.2 Å². The van der Waals surface area contributed by atoms with Crippen LogP contribution in [0.1, 0.15) is 38.6 Å². The first-order valence-electron chi connectivity index (χ1n) is 6.41. The number of hydrogen-bond donors (Lipinski definition) is 3. The molecule has 1 aromatic heterocycles. The van der Waals surface area contributed by atoms with Gasteiger partial charge in [-0.2, -0.15) is 0 Å². The number of carbonyl (C=O) groups excluding carboxylic acids is 1. The molecule has 0 bridgehead atoms. The third-order valence-electron chi connectivity index (χ3n) is 3.23. The van der Waals surface area contributed by atoms with Crippen LogP contribution in [0.3, 0.4) is 0 Å². The van der Waals surface area contributed by atoms with Gasteiger partial charge < -0.3 is 16.8 Å². The zero-order valence-electron chi connectivity index (χ0n) is 11.9. The number of rotatable bonds is 4. The molecule has 0 spiro atoms. The maximum Gasteiger partial charge on any atom is 0.250 e. The number of nitrogens with one attached hydrogen (secondary N) is 1. The predicted molar refractivity (Wildman–Crippen MR) is 85.2 cm³/mol. The second-order valence-corrected chi connectivity index (χ2v) is 6.36. The zero-order chi connectivity index (χ0) is 14.9. The maximum absolute atomic E-state index is 11.5. The fourth-order valence-corrected chi connectivity index (χ4v) is 3.31. The van der Waals surface area contributed by atoms with E-state index in [0.29, 0.717) is 16.9 Å². The van der Waals surface area contributed by atoms with Gasteiger partial charge in [0, 0.05) is 27.2 Å². The summed E-state index contributed by atoms with van der Waals surface area (Å²) < 4.78 is 0. The number of anilines is 2. The lowest BCUT2D eigenvalue weighted by Gasteiger charge is -2.17. The zero-order valence-corrected chi connectivity index (χ0v) is 12.7. The fraction of sp³-hybridized carbons (Fsp3) is 0.267. The molecule has 0 saturated carbocycles. The van der Waals surface area contributed by atoms with Crippen LogP contribution in [0.5, 0.6) is 0 Å². The summed E-state index contributed by atoms with van der Waals surface area (Å²) in [5, 5.41) is 3.34. The Hall–Kier alpha value is -2.01. The van der Waals surface area contributed by atoms with Crippen molar-refractivity contribution in [2.45, 2.75) is 26.8 Å². The highest BCUT2D eigenvalue weighted by Gasteiger charge is 2.14. The molecule has 1 unspecified atom stereocenters.